The summed E-state index contributed by atoms with van der Waals surface area (Å²) in [5.41, 5.74) is 1.81. The Bertz CT molecular complexity index is 489. The van der Waals surface area contributed by atoms with Gasteiger partial charge in [0.05, 0.1) is 18.0 Å². The molecule has 0 amide bonds. The van der Waals surface area contributed by atoms with E-state index in [-0.39, 0.29) is 36.8 Å². The second-order valence-electron chi connectivity index (χ2n) is 6.33. The van der Waals surface area contributed by atoms with Gasteiger partial charge >= 0.3 is 0 Å². The summed E-state index contributed by atoms with van der Waals surface area (Å²) in [6.07, 6.45) is -0.580. The van der Waals surface area contributed by atoms with Crippen LogP contribution in [0.3, 0.4) is 0 Å². The molecular formula is C17H33NO5S. The highest BCUT2D eigenvalue weighted by atomic mass is 32.2. The largest absolute Gasteiger partial charge is 0.356 e. The predicted molar refractivity (Wildman–Crippen MR) is 97.4 cm³/mol. The Morgan fingerprint density at radius 3 is 1.67 bits per heavy atom. The third-order valence-electron chi connectivity index (χ3n) is 3.94. The van der Waals surface area contributed by atoms with Crippen LogP contribution in [0.1, 0.15) is 48.0 Å². The van der Waals surface area contributed by atoms with Crippen molar-refractivity contribution in [3.8, 4) is 0 Å². The highest BCUT2D eigenvalue weighted by Crippen LogP contribution is 2.17. The van der Waals surface area contributed by atoms with Crippen LogP contribution in [0.15, 0.2) is 24.3 Å². The highest BCUT2D eigenvalue weighted by molar-refractivity contribution is 7.85. The van der Waals surface area contributed by atoms with E-state index in [2.05, 4.69) is 13.2 Å². The van der Waals surface area contributed by atoms with E-state index in [1.165, 1.54) is 0 Å². The predicted octanol–water partition coefficient (Wildman–Crippen LogP) is 3.22. The first-order chi connectivity index (χ1) is 10.8. The molecular weight excluding hydrogens is 330 g/mol. The lowest BCUT2D eigenvalue weighted by atomic mass is 10.2. The lowest BCUT2D eigenvalue weighted by Crippen LogP contribution is -2.46. The molecule has 0 aliphatic rings. The molecule has 0 radical (unpaired) electrons. The summed E-state index contributed by atoms with van der Waals surface area (Å²) in [7, 11) is -3.98. The fourth-order valence-corrected chi connectivity index (χ4v) is 2.56. The molecule has 0 aromatic carbocycles. The fraction of sp³-hybridized carbons (Fsp3) is 0.765. The van der Waals surface area contributed by atoms with E-state index in [9.17, 15) is 8.42 Å². The number of hydrogen-bond donors (Lipinski definition) is 1. The van der Waals surface area contributed by atoms with Gasteiger partial charge in [0, 0.05) is 6.54 Å². The second kappa shape index (κ2) is 10.3. The van der Waals surface area contributed by atoms with Gasteiger partial charge in [-0.2, -0.15) is 8.42 Å². The van der Waals surface area contributed by atoms with Crippen LogP contribution in [0.4, 0.5) is 0 Å². The van der Waals surface area contributed by atoms with Crippen LogP contribution in [-0.4, -0.2) is 54.8 Å². The van der Waals surface area contributed by atoms with Crippen molar-refractivity contribution >= 4 is 10.1 Å². The Hall–Kier alpha value is -0.730. The number of rotatable bonds is 12. The zero-order valence-electron chi connectivity index (χ0n) is 15.8. The van der Waals surface area contributed by atoms with Crippen LogP contribution in [0, 0.1) is 0 Å². The van der Waals surface area contributed by atoms with E-state index in [1.807, 2.05) is 46.4 Å². The van der Waals surface area contributed by atoms with Crippen molar-refractivity contribution in [3.05, 3.63) is 24.3 Å². The summed E-state index contributed by atoms with van der Waals surface area (Å²) in [5, 5.41) is 0. The summed E-state index contributed by atoms with van der Waals surface area (Å²) < 4.78 is 42.7. The molecule has 0 aliphatic carbocycles. The lowest BCUT2D eigenvalue weighted by Gasteiger charge is -2.36. The number of nitrogens with zero attached hydrogens (tertiary/aromatic N) is 1. The van der Waals surface area contributed by atoms with Crippen molar-refractivity contribution in [1.29, 1.82) is 0 Å². The molecule has 0 saturated heterocycles. The van der Waals surface area contributed by atoms with Crippen molar-refractivity contribution in [3.63, 3.8) is 0 Å². The first-order valence-corrected chi connectivity index (χ1v) is 9.78. The summed E-state index contributed by atoms with van der Waals surface area (Å²) in [6, 6.07) is 0. The van der Waals surface area contributed by atoms with E-state index in [1.54, 1.807) is 0 Å². The molecule has 142 valence electrons. The maximum absolute atomic E-state index is 10.9. The van der Waals surface area contributed by atoms with Gasteiger partial charge in [0.25, 0.3) is 10.1 Å². The minimum Gasteiger partial charge on any atom is -0.356 e. The van der Waals surface area contributed by atoms with Gasteiger partial charge in [-0.05, 0) is 48.0 Å². The van der Waals surface area contributed by atoms with Crippen LogP contribution < -0.4 is 0 Å². The quantitative estimate of drug-likeness (QED) is 0.326. The molecule has 7 heteroatoms. The van der Waals surface area contributed by atoms with Gasteiger partial charge in [-0.25, -0.2) is 0 Å². The average Bonchev–Trinajstić information content (AvgIpc) is 2.41. The second-order valence-corrected chi connectivity index (χ2v) is 7.90. The van der Waals surface area contributed by atoms with Crippen LogP contribution in [0.25, 0.3) is 0 Å². The van der Waals surface area contributed by atoms with Gasteiger partial charge in [-0.15, -0.1) is 0 Å². The highest BCUT2D eigenvalue weighted by Gasteiger charge is 2.25. The maximum Gasteiger partial charge on any atom is 0.264 e. The van der Waals surface area contributed by atoms with Crippen molar-refractivity contribution in [2.75, 3.05) is 12.3 Å². The third-order valence-corrected chi connectivity index (χ3v) is 4.75. The van der Waals surface area contributed by atoms with Crippen molar-refractivity contribution < 1.29 is 22.4 Å². The smallest absolute Gasteiger partial charge is 0.264 e. The summed E-state index contributed by atoms with van der Waals surface area (Å²) >= 11 is 0. The van der Waals surface area contributed by atoms with Crippen LogP contribution in [0.5, 0.6) is 0 Å². The Balaban J connectivity index is 4.98. The molecule has 0 saturated carbocycles. The van der Waals surface area contributed by atoms with Crippen molar-refractivity contribution in [1.82, 2.24) is 4.90 Å². The van der Waals surface area contributed by atoms with Crippen LogP contribution in [0.2, 0.25) is 0 Å². The molecule has 0 aliphatic heterocycles. The Labute approximate surface area is 147 Å². The molecule has 0 aromatic heterocycles. The Morgan fingerprint density at radius 2 is 1.38 bits per heavy atom. The van der Waals surface area contributed by atoms with Crippen molar-refractivity contribution in [2.45, 2.75) is 72.6 Å². The Morgan fingerprint density at radius 1 is 1.00 bits per heavy atom. The Kier molecular flexibility index (Phi) is 9.99. The van der Waals surface area contributed by atoms with Gasteiger partial charge in [-0.3, -0.25) is 9.45 Å². The molecule has 0 spiro atoms. The van der Waals surface area contributed by atoms with Gasteiger partial charge in [0.2, 0.25) is 0 Å². The van der Waals surface area contributed by atoms with E-state index in [0.717, 1.165) is 11.1 Å². The average molecular weight is 364 g/mol. The molecule has 1 N–H and O–H groups in total. The zero-order valence-corrected chi connectivity index (χ0v) is 16.6. The minimum atomic E-state index is -3.98. The van der Waals surface area contributed by atoms with E-state index >= 15 is 0 Å². The van der Waals surface area contributed by atoms with E-state index in [4.69, 9.17) is 14.0 Å². The molecule has 24 heavy (non-hydrogen) atoms. The van der Waals surface area contributed by atoms with Gasteiger partial charge in [0.15, 0.2) is 0 Å². The summed E-state index contributed by atoms with van der Waals surface area (Å²) in [5.74, 6) is -0.297. The number of ether oxygens (including phenoxy) is 2. The molecule has 0 fully saturated rings. The van der Waals surface area contributed by atoms with Gasteiger partial charge < -0.3 is 9.47 Å². The molecule has 4 atom stereocenters. The van der Waals surface area contributed by atoms with Crippen molar-refractivity contribution in [2.24, 2.45) is 0 Å². The van der Waals surface area contributed by atoms with Gasteiger partial charge in [-0.1, -0.05) is 24.3 Å². The van der Waals surface area contributed by atoms with E-state index in [0.29, 0.717) is 6.54 Å². The molecule has 4 unspecified atom stereocenters. The fourth-order valence-electron chi connectivity index (χ4n) is 2.07. The first kappa shape index (κ1) is 23.3. The summed E-state index contributed by atoms with van der Waals surface area (Å²) in [4.78, 5) is 1.92. The van der Waals surface area contributed by atoms with Gasteiger partial charge in [0.1, 0.15) is 12.5 Å². The standard InChI is InChI=1S/C17H33NO5S/c1-12(2)14(5)22-16(7)18(10-9-11-24(19,20)21)17(8)23-15(6)13(3)4/h14-17H,1,3,9-11H2,2,4-8H3,(H,19,20,21). The summed E-state index contributed by atoms with van der Waals surface area (Å²) in [6.45, 7) is 19.6. The monoisotopic (exact) mass is 363 g/mol. The van der Waals surface area contributed by atoms with Crippen LogP contribution in [-0.2, 0) is 19.6 Å². The number of hydrogen-bond acceptors (Lipinski definition) is 5. The molecule has 0 aromatic rings. The zero-order chi connectivity index (χ0) is 19.1. The minimum absolute atomic E-state index is 0.130. The topological polar surface area (TPSA) is 76.1 Å². The molecule has 0 rings (SSSR count). The normalized spacial score (nSPS) is 17.3. The molecule has 6 nitrogen and oxygen atoms in total. The first-order valence-electron chi connectivity index (χ1n) is 8.17. The molecule has 0 heterocycles. The van der Waals surface area contributed by atoms with E-state index < -0.39 is 10.1 Å². The SMILES string of the molecule is C=C(C)C(C)OC(C)N(CCCS(=O)(=O)O)C(C)OC(C)C(=C)C. The third kappa shape index (κ3) is 9.54. The lowest BCUT2D eigenvalue weighted by molar-refractivity contribution is -0.159. The maximum atomic E-state index is 10.9. The van der Waals surface area contributed by atoms with Crippen LogP contribution >= 0.6 is 0 Å². The molecule has 0 bridgehead atoms.